The fourth-order valence-electron chi connectivity index (χ4n) is 2.26. The summed E-state index contributed by atoms with van der Waals surface area (Å²) in [6, 6.07) is 8.50. The van der Waals surface area contributed by atoms with E-state index in [2.05, 4.69) is 21.3 Å². The number of hydrogen-bond donors (Lipinski definition) is 4. The van der Waals surface area contributed by atoms with Gasteiger partial charge in [0.05, 0.1) is 0 Å². The van der Waals surface area contributed by atoms with Gasteiger partial charge in [0.2, 0.25) is 5.91 Å². The number of rotatable bonds is 5. The summed E-state index contributed by atoms with van der Waals surface area (Å²) in [5.74, 6) is -0.174. The molecule has 0 spiro atoms. The largest absolute Gasteiger partial charge is 0.353 e. The second-order valence-corrected chi connectivity index (χ2v) is 5.22. The number of urea groups is 1. The van der Waals surface area contributed by atoms with E-state index < -0.39 is 6.04 Å². The number of carbonyl (C=O) groups is 2. The van der Waals surface area contributed by atoms with Crippen LogP contribution in [0.25, 0.3) is 0 Å². The quantitative estimate of drug-likeness (QED) is 0.661. The summed E-state index contributed by atoms with van der Waals surface area (Å²) in [6.45, 7) is 3.28. The van der Waals surface area contributed by atoms with E-state index in [1.54, 1.807) is 19.1 Å². The number of anilines is 1. The van der Waals surface area contributed by atoms with E-state index in [-0.39, 0.29) is 24.3 Å². The highest BCUT2D eigenvalue weighted by atomic mass is 35.5. The van der Waals surface area contributed by atoms with Crippen LogP contribution < -0.4 is 21.3 Å². The molecule has 1 aliphatic rings. The van der Waals surface area contributed by atoms with Crippen molar-refractivity contribution in [3.8, 4) is 0 Å². The van der Waals surface area contributed by atoms with E-state index in [4.69, 9.17) is 0 Å². The fraction of sp³-hybridized carbons (Fsp3) is 0.467. The van der Waals surface area contributed by atoms with Gasteiger partial charge in [-0.15, -0.1) is 12.4 Å². The number of benzene rings is 1. The highest BCUT2D eigenvalue weighted by Gasteiger charge is 2.18. The Balaban J connectivity index is 0.00000242. The highest BCUT2D eigenvalue weighted by Crippen LogP contribution is 2.05. The Hall–Kier alpha value is -1.79. The molecule has 0 aliphatic carbocycles. The Morgan fingerprint density at radius 1 is 1.32 bits per heavy atom. The summed E-state index contributed by atoms with van der Waals surface area (Å²) >= 11 is 0. The lowest BCUT2D eigenvalue weighted by Gasteiger charge is -2.17. The van der Waals surface area contributed by atoms with Gasteiger partial charge in [-0.3, -0.25) is 4.79 Å². The van der Waals surface area contributed by atoms with E-state index >= 15 is 0 Å². The molecule has 1 aliphatic heterocycles. The Kier molecular flexibility index (Phi) is 7.70. The van der Waals surface area contributed by atoms with Crippen molar-refractivity contribution >= 4 is 30.0 Å². The van der Waals surface area contributed by atoms with Crippen LogP contribution in [-0.4, -0.2) is 37.1 Å². The van der Waals surface area contributed by atoms with Crippen LogP contribution in [0.4, 0.5) is 10.5 Å². The molecule has 122 valence electrons. The molecule has 0 bridgehead atoms. The van der Waals surface area contributed by atoms with Crippen molar-refractivity contribution in [2.45, 2.75) is 31.8 Å². The molecule has 2 unspecified atom stereocenters. The summed E-state index contributed by atoms with van der Waals surface area (Å²) < 4.78 is 0. The molecule has 0 radical (unpaired) electrons. The lowest BCUT2D eigenvalue weighted by Crippen LogP contribution is -2.48. The lowest BCUT2D eigenvalue weighted by molar-refractivity contribution is -0.122. The van der Waals surface area contributed by atoms with Crippen molar-refractivity contribution in [2.75, 3.05) is 18.4 Å². The molecule has 0 aromatic heterocycles. The number of amides is 3. The van der Waals surface area contributed by atoms with Crippen LogP contribution in [0.3, 0.4) is 0 Å². The summed E-state index contributed by atoms with van der Waals surface area (Å²) in [6.07, 6.45) is 2.23. The minimum atomic E-state index is -0.574. The monoisotopic (exact) mass is 326 g/mol. The first-order valence-electron chi connectivity index (χ1n) is 7.29. The molecule has 7 heteroatoms. The van der Waals surface area contributed by atoms with E-state index in [0.717, 1.165) is 19.4 Å². The van der Waals surface area contributed by atoms with Crippen LogP contribution in [-0.2, 0) is 4.79 Å². The summed E-state index contributed by atoms with van der Waals surface area (Å²) in [4.78, 5) is 23.7. The molecule has 1 aromatic carbocycles. The van der Waals surface area contributed by atoms with Crippen molar-refractivity contribution in [3.63, 3.8) is 0 Å². The van der Waals surface area contributed by atoms with E-state index in [1.165, 1.54) is 0 Å². The fourth-order valence-corrected chi connectivity index (χ4v) is 2.26. The average Bonchev–Trinajstić information content (AvgIpc) is 2.98. The Morgan fingerprint density at radius 2 is 2.05 bits per heavy atom. The standard InChI is InChI=1S/C15H22N4O2.ClH/c1-11(14(20)17-10-13-8-5-9-16-13)18-15(21)19-12-6-3-2-4-7-12;/h2-4,6-7,11,13,16H,5,8-10H2,1H3,(H,17,20)(H2,18,19,21);1H. The number of halogens is 1. The van der Waals surface area contributed by atoms with Gasteiger partial charge in [0.25, 0.3) is 0 Å². The van der Waals surface area contributed by atoms with Gasteiger partial charge in [0, 0.05) is 18.3 Å². The SMILES string of the molecule is CC(NC(=O)Nc1ccccc1)C(=O)NCC1CCCN1.Cl. The maximum Gasteiger partial charge on any atom is 0.319 e. The van der Waals surface area contributed by atoms with Crippen molar-refractivity contribution in [3.05, 3.63) is 30.3 Å². The Bertz CT molecular complexity index is 478. The lowest BCUT2D eigenvalue weighted by atomic mass is 10.2. The second kappa shape index (κ2) is 9.27. The molecule has 2 atom stereocenters. The van der Waals surface area contributed by atoms with Gasteiger partial charge in [0.1, 0.15) is 6.04 Å². The molecule has 0 saturated carbocycles. The van der Waals surface area contributed by atoms with E-state index in [1.807, 2.05) is 18.2 Å². The maximum atomic E-state index is 11.9. The van der Waals surface area contributed by atoms with Crippen LogP contribution in [0.15, 0.2) is 30.3 Å². The van der Waals surface area contributed by atoms with Gasteiger partial charge in [0.15, 0.2) is 0 Å². The summed E-state index contributed by atoms with van der Waals surface area (Å²) in [5.41, 5.74) is 0.692. The molecular weight excluding hydrogens is 304 g/mol. The molecule has 1 heterocycles. The third kappa shape index (κ3) is 5.91. The number of hydrogen-bond acceptors (Lipinski definition) is 3. The maximum absolute atomic E-state index is 11.9. The summed E-state index contributed by atoms with van der Waals surface area (Å²) in [5, 5.41) is 11.5. The first-order chi connectivity index (χ1) is 10.1. The second-order valence-electron chi connectivity index (χ2n) is 5.22. The molecule has 22 heavy (non-hydrogen) atoms. The van der Waals surface area contributed by atoms with Gasteiger partial charge in [-0.1, -0.05) is 18.2 Å². The predicted molar refractivity (Wildman–Crippen MR) is 89.3 cm³/mol. The zero-order chi connectivity index (χ0) is 15.1. The highest BCUT2D eigenvalue weighted by molar-refractivity contribution is 5.93. The number of carbonyl (C=O) groups excluding carboxylic acids is 2. The molecule has 1 saturated heterocycles. The normalized spacial score (nSPS) is 18.0. The summed E-state index contributed by atoms with van der Waals surface area (Å²) in [7, 11) is 0. The smallest absolute Gasteiger partial charge is 0.319 e. The van der Waals surface area contributed by atoms with Crippen molar-refractivity contribution in [1.82, 2.24) is 16.0 Å². The molecule has 6 nitrogen and oxygen atoms in total. The van der Waals surface area contributed by atoms with Crippen LogP contribution in [0.2, 0.25) is 0 Å². The van der Waals surface area contributed by atoms with Crippen molar-refractivity contribution in [2.24, 2.45) is 0 Å². The third-order valence-corrected chi connectivity index (χ3v) is 3.46. The predicted octanol–water partition coefficient (Wildman–Crippen LogP) is 1.49. The molecule has 3 amide bonds. The first kappa shape index (κ1) is 18.3. The zero-order valence-corrected chi connectivity index (χ0v) is 13.4. The number of nitrogens with one attached hydrogen (secondary N) is 4. The minimum Gasteiger partial charge on any atom is -0.353 e. The van der Waals surface area contributed by atoms with Gasteiger partial charge in [-0.2, -0.15) is 0 Å². The van der Waals surface area contributed by atoms with Crippen molar-refractivity contribution < 1.29 is 9.59 Å². The van der Waals surface area contributed by atoms with Gasteiger partial charge < -0.3 is 21.3 Å². The third-order valence-electron chi connectivity index (χ3n) is 3.46. The molecule has 4 N–H and O–H groups in total. The van der Waals surface area contributed by atoms with Crippen LogP contribution in [0.5, 0.6) is 0 Å². The first-order valence-corrected chi connectivity index (χ1v) is 7.29. The topological polar surface area (TPSA) is 82.3 Å². The number of para-hydroxylation sites is 1. The molecular formula is C15H23ClN4O2. The molecule has 2 rings (SSSR count). The molecule has 1 fully saturated rings. The van der Waals surface area contributed by atoms with E-state index in [9.17, 15) is 9.59 Å². The average molecular weight is 327 g/mol. The van der Waals surface area contributed by atoms with Gasteiger partial charge in [-0.25, -0.2) is 4.79 Å². The Labute approximate surface area is 136 Å². The van der Waals surface area contributed by atoms with E-state index in [0.29, 0.717) is 18.3 Å². The minimum absolute atomic E-state index is 0. The van der Waals surface area contributed by atoms with Crippen LogP contribution in [0.1, 0.15) is 19.8 Å². The van der Waals surface area contributed by atoms with Gasteiger partial charge in [-0.05, 0) is 38.4 Å². The zero-order valence-electron chi connectivity index (χ0n) is 12.6. The van der Waals surface area contributed by atoms with Crippen LogP contribution >= 0.6 is 12.4 Å². The van der Waals surface area contributed by atoms with Crippen LogP contribution in [0, 0.1) is 0 Å². The van der Waals surface area contributed by atoms with Gasteiger partial charge >= 0.3 is 6.03 Å². The Morgan fingerprint density at radius 3 is 2.68 bits per heavy atom. The molecule has 1 aromatic rings. The van der Waals surface area contributed by atoms with Crippen molar-refractivity contribution in [1.29, 1.82) is 0 Å².